The third kappa shape index (κ3) is 3.16. The predicted molar refractivity (Wildman–Crippen MR) is 109 cm³/mol. The van der Waals surface area contributed by atoms with E-state index in [1.54, 1.807) is 12.4 Å². The summed E-state index contributed by atoms with van der Waals surface area (Å²) in [5.74, 6) is 1.10. The van der Waals surface area contributed by atoms with E-state index in [0.717, 1.165) is 38.7 Å². The van der Waals surface area contributed by atoms with Crippen LogP contribution in [-0.2, 0) is 4.79 Å². The third-order valence-corrected chi connectivity index (χ3v) is 5.16. The van der Waals surface area contributed by atoms with Crippen molar-refractivity contribution in [2.24, 2.45) is 5.92 Å². The van der Waals surface area contributed by atoms with E-state index in [2.05, 4.69) is 45.6 Å². The second kappa shape index (κ2) is 6.93. The highest BCUT2D eigenvalue weighted by molar-refractivity contribution is 5.92. The molecule has 0 spiro atoms. The van der Waals surface area contributed by atoms with Crippen LogP contribution in [0.4, 0.5) is 0 Å². The number of nitrogens with one attached hydrogen (secondary N) is 1. The number of aromatic nitrogens is 2. The molecule has 1 fully saturated rings. The summed E-state index contributed by atoms with van der Waals surface area (Å²) in [4.78, 5) is 20.4. The average Bonchev–Trinajstić information content (AvgIpc) is 3.16. The van der Waals surface area contributed by atoms with Gasteiger partial charge in [0.1, 0.15) is 5.75 Å². The van der Waals surface area contributed by atoms with Crippen LogP contribution in [0, 0.1) is 5.92 Å². The molecule has 0 radical (unpaired) electrons. The number of pyridine rings is 2. The van der Waals surface area contributed by atoms with Gasteiger partial charge < -0.3 is 10.1 Å². The molecule has 3 heterocycles. The van der Waals surface area contributed by atoms with Gasteiger partial charge in [-0.3, -0.25) is 14.8 Å². The number of amides is 1. The van der Waals surface area contributed by atoms with Crippen LogP contribution in [0.3, 0.4) is 0 Å². The minimum absolute atomic E-state index is 0.0960. The Labute approximate surface area is 162 Å². The van der Waals surface area contributed by atoms with Crippen molar-refractivity contribution in [1.29, 1.82) is 0 Å². The molecule has 2 aromatic carbocycles. The lowest BCUT2D eigenvalue weighted by Crippen LogP contribution is -2.16. The molecule has 5 heteroatoms. The van der Waals surface area contributed by atoms with E-state index in [9.17, 15) is 4.79 Å². The number of rotatable bonds is 4. The predicted octanol–water partition coefficient (Wildman–Crippen LogP) is 3.96. The Morgan fingerprint density at radius 3 is 2.68 bits per heavy atom. The van der Waals surface area contributed by atoms with Crippen molar-refractivity contribution in [2.75, 3.05) is 13.2 Å². The molecular weight excluding hydrogens is 350 g/mol. The zero-order chi connectivity index (χ0) is 18.9. The Hall–Kier alpha value is -3.47. The molecule has 1 saturated heterocycles. The molecule has 2 aromatic heterocycles. The highest BCUT2D eigenvalue weighted by Gasteiger charge is 2.22. The van der Waals surface area contributed by atoms with Gasteiger partial charge in [-0.15, -0.1) is 0 Å². The van der Waals surface area contributed by atoms with Crippen molar-refractivity contribution in [1.82, 2.24) is 15.3 Å². The maximum atomic E-state index is 11.4. The Morgan fingerprint density at radius 2 is 1.82 bits per heavy atom. The van der Waals surface area contributed by atoms with Crippen LogP contribution in [0.1, 0.15) is 6.42 Å². The summed E-state index contributed by atoms with van der Waals surface area (Å²) in [6.07, 6.45) is 4.11. The summed E-state index contributed by atoms with van der Waals surface area (Å²) < 4.78 is 6.16. The van der Waals surface area contributed by atoms with Gasteiger partial charge in [-0.25, -0.2) is 0 Å². The molecule has 0 bridgehead atoms. The maximum Gasteiger partial charge on any atom is 0.220 e. The lowest BCUT2D eigenvalue weighted by Gasteiger charge is -2.14. The molecular formula is C23H19N3O2. The fourth-order valence-corrected chi connectivity index (χ4v) is 3.68. The lowest BCUT2D eigenvalue weighted by atomic mass is 10.0. The number of hydrogen-bond donors (Lipinski definition) is 1. The Kier molecular flexibility index (Phi) is 4.13. The molecule has 1 aliphatic heterocycles. The van der Waals surface area contributed by atoms with Crippen LogP contribution in [0.2, 0.25) is 0 Å². The number of benzene rings is 2. The number of carbonyl (C=O) groups excluding carboxylic acids is 1. The van der Waals surface area contributed by atoms with Crippen molar-refractivity contribution in [3.63, 3.8) is 0 Å². The third-order valence-electron chi connectivity index (χ3n) is 5.16. The first-order chi connectivity index (χ1) is 13.8. The van der Waals surface area contributed by atoms with E-state index in [1.165, 1.54) is 0 Å². The van der Waals surface area contributed by atoms with Crippen molar-refractivity contribution in [3.8, 4) is 16.9 Å². The fraction of sp³-hybridized carbons (Fsp3) is 0.174. The molecule has 0 saturated carbocycles. The van der Waals surface area contributed by atoms with E-state index < -0.39 is 0 Å². The van der Waals surface area contributed by atoms with Crippen molar-refractivity contribution in [2.45, 2.75) is 6.42 Å². The number of carbonyl (C=O) groups is 1. The number of hydrogen-bond acceptors (Lipinski definition) is 4. The van der Waals surface area contributed by atoms with Crippen LogP contribution >= 0.6 is 0 Å². The molecule has 1 amide bonds. The minimum atomic E-state index is 0.0960. The summed E-state index contributed by atoms with van der Waals surface area (Å²) in [7, 11) is 0. The first kappa shape index (κ1) is 16.7. The molecule has 5 nitrogen and oxygen atoms in total. The summed E-state index contributed by atoms with van der Waals surface area (Å²) in [5, 5.41) is 4.93. The second-order valence-electron chi connectivity index (χ2n) is 7.14. The Balaban J connectivity index is 1.54. The molecule has 1 aliphatic rings. The zero-order valence-electron chi connectivity index (χ0n) is 15.3. The van der Waals surface area contributed by atoms with Gasteiger partial charge in [-0.2, -0.15) is 0 Å². The lowest BCUT2D eigenvalue weighted by molar-refractivity contribution is -0.119. The smallest absolute Gasteiger partial charge is 0.220 e. The van der Waals surface area contributed by atoms with Crippen molar-refractivity contribution >= 4 is 27.7 Å². The normalized spacial score (nSPS) is 16.4. The molecule has 5 rings (SSSR count). The van der Waals surface area contributed by atoms with Crippen molar-refractivity contribution in [3.05, 3.63) is 67.0 Å². The number of fused-ring (bicyclic) bond motifs is 2. The van der Waals surface area contributed by atoms with Gasteiger partial charge in [-0.1, -0.05) is 12.1 Å². The Morgan fingerprint density at radius 1 is 0.964 bits per heavy atom. The van der Waals surface area contributed by atoms with Gasteiger partial charge in [0.05, 0.1) is 17.6 Å². The van der Waals surface area contributed by atoms with Gasteiger partial charge in [0, 0.05) is 42.0 Å². The van der Waals surface area contributed by atoms with Gasteiger partial charge in [0.2, 0.25) is 5.91 Å². The summed E-state index contributed by atoms with van der Waals surface area (Å²) in [5.41, 5.74) is 4.00. The molecule has 1 unspecified atom stereocenters. The largest absolute Gasteiger partial charge is 0.492 e. The SMILES string of the molecule is O=C1CC(COc2cc(-c3ccc4ncccc4c3)cc3ncccc23)CN1. The summed E-state index contributed by atoms with van der Waals surface area (Å²) in [6, 6.07) is 18.3. The first-order valence-electron chi connectivity index (χ1n) is 9.40. The minimum Gasteiger partial charge on any atom is -0.492 e. The fourth-order valence-electron chi connectivity index (χ4n) is 3.68. The van der Waals surface area contributed by atoms with Crippen LogP contribution in [0.15, 0.2) is 67.0 Å². The number of ether oxygens (including phenoxy) is 1. The van der Waals surface area contributed by atoms with E-state index in [-0.39, 0.29) is 11.8 Å². The molecule has 138 valence electrons. The van der Waals surface area contributed by atoms with E-state index in [1.807, 2.05) is 24.3 Å². The molecule has 4 aromatic rings. The first-order valence-corrected chi connectivity index (χ1v) is 9.40. The molecule has 28 heavy (non-hydrogen) atoms. The Bertz CT molecular complexity index is 1190. The number of nitrogens with zero attached hydrogens (tertiary/aromatic N) is 2. The quantitative estimate of drug-likeness (QED) is 0.591. The average molecular weight is 369 g/mol. The monoisotopic (exact) mass is 369 g/mol. The zero-order valence-corrected chi connectivity index (χ0v) is 15.3. The van der Waals surface area contributed by atoms with Crippen LogP contribution < -0.4 is 10.1 Å². The van der Waals surface area contributed by atoms with E-state index in [0.29, 0.717) is 19.6 Å². The highest BCUT2D eigenvalue weighted by atomic mass is 16.5. The van der Waals surface area contributed by atoms with Crippen LogP contribution in [0.25, 0.3) is 32.9 Å². The van der Waals surface area contributed by atoms with Crippen LogP contribution in [-0.4, -0.2) is 29.0 Å². The van der Waals surface area contributed by atoms with Crippen LogP contribution in [0.5, 0.6) is 5.75 Å². The summed E-state index contributed by atoms with van der Waals surface area (Å²) >= 11 is 0. The van der Waals surface area contributed by atoms with Gasteiger partial charge in [0.25, 0.3) is 0 Å². The van der Waals surface area contributed by atoms with E-state index >= 15 is 0 Å². The molecule has 1 atom stereocenters. The van der Waals surface area contributed by atoms with Gasteiger partial charge >= 0.3 is 0 Å². The van der Waals surface area contributed by atoms with Gasteiger partial charge in [-0.05, 0) is 53.6 Å². The van der Waals surface area contributed by atoms with E-state index in [4.69, 9.17) is 4.74 Å². The standard InChI is InChI=1S/C23H19N3O2/c27-23-9-15(13-26-23)14-28-22-12-18(11-21-19(22)4-2-8-25-21)16-5-6-20-17(10-16)3-1-7-24-20/h1-8,10-12,15H,9,13-14H2,(H,26,27). The highest BCUT2D eigenvalue weighted by Crippen LogP contribution is 2.33. The second-order valence-corrected chi connectivity index (χ2v) is 7.14. The molecule has 1 N–H and O–H groups in total. The topological polar surface area (TPSA) is 64.1 Å². The van der Waals surface area contributed by atoms with Crippen molar-refractivity contribution < 1.29 is 9.53 Å². The van der Waals surface area contributed by atoms with Gasteiger partial charge in [0.15, 0.2) is 0 Å². The maximum absolute atomic E-state index is 11.4. The molecule has 0 aliphatic carbocycles. The summed E-state index contributed by atoms with van der Waals surface area (Å²) in [6.45, 7) is 1.18.